The number of fused-ring (bicyclic) bond motifs is 2. The van der Waals surface area contributed by atoms with Crippen molar-refractivity contribution in [1.29, 1.82) is 0 Å². The van der Waals surface area contributed by atoms with Gasteiger partial charge in [-0.1, -0.05) is 38.5 Å². The van der Waals surface area contributed by atoms with Crippen LogP contribution in [0, 0.1) is 23.2 Å². The van der Waals surface area contributed by atoms with Crippen molar-refractivity contribution in [3.8, 4) is 0 Å². The van der Waals surface area contributed by atoms with Gasteiger partial charge in [-0.2, -0.15) is 0 Å². The molecule has 0 radical (unpaired) electrons. The van der Waals surface area contributed by atoms with E-state index in [1.54, 1.807) is 45.0 Å². The third-order valence-corrected chi connectivity index (χ3v) is 6.53. The van der Waals surface area contributed by atoms with Gasteiger partial charge in [-0.05, 0) is 37.3 Å². The Hall–Kier alpha value is -2.50. The number of carbonyl (C=O) groups is 4. The number of rotatable bonds is 2. The van der Waals surface area contributed by atoms with Crippen molar-refractivity contribution < 1.29 is 19.2 Å². The minimum absolute atomic E-state index is 0.313. The van der Waals surface area contributed by atoms with E-state index >= 15 is 0 Å². The SMILES string of the molecule is Cc1ccc(C(=O)NNC(=O)C23CCC(C)(C(=O)C2=O)C3(C)C)cc1. The van der Waals surface area contributed by atoms with Crippen LogP contribution in [0.3, 0.4) is 0 Å². The highest BCUT2D eigenvalue weighted by atomic mass is 16.2. The average molecular weight is 342 g/mol. The summed E-state index contributed by atoms with van der Waals surface area (Å²) in [7, 11) is 0. The first-order valence-electron chi connectivity index (χ1n) is 8.34. The van der Waals surface area contributed by atoms with E-state index in [-0.39, 0.29) is 0 Å². The normalized spacial score (nSPS) is 29.6. The zero-order valence-corrected chi connectivity index (χ0v) is 14.9. The topological polar surface area (TPSA) is 92.3 Å². The number of carbonyl (C=O) groups excluding carboxylic acids is 4. The third kappa shape index (κ3) is 2.03. The molecule has 0 spiro atoms. The molecular formula is C19H22N2O4. The second-order valence-electron chi connectivity index (χ2n) is 7.79. The summed E-state index contributed by atoms with van der Waals surface area (Å²) >= 11 is 0. The summed E-state index contributed by atoms with van der Waals surface area (Å²) in [5.74, 6) is -2.21. The van der Waals surface area contributed by atoms with Crippen molar-refractivity contribution in [1.82, 2.24) is 10.9 Å². The summed E-state index contributed by atoms with van der Waals surface area (Å²) < 4.78 is 0. The molecule has 2 atom stereocenters. The highest BCUT2D eigenvalue weighted by Gasteiger charge is 2.77. The third-order valence-electron chi connectivity index (χ3n) is 6.53. The molecule has 2 unspecified atom stereocenters. The zero-order chi connectivity index (χ0) is 18.6. The van der Waals surface area contributed by atoms with Gasteiger partial charge in [-0.15, -0.1) is 0 Å². The van der Waals surface area contributed by atoms with E-state index in [4.69, 9.17) is 0 Å². The number of amides is 2. The van der Waals surface area contributed by atoms with Crippen LogP contribution in [0.15, 0.2) is 24.3 Å². The Labute approximate surface area is 146 Å². The molecule has 2 aliphatic carbocycles. The van der Waals surface area contributed by atoms with Crippen LogP contribution < -0.4 is 10.9 Å². The van der Waals surface area contributed by atoms with E-state index in [0.29, 0.717) is 18.4 Å². The summed E-state index contributed by atoms with van der Waals surface area (Å²) in [6.45, 7) is 7.22. The van der Waals surface area contributed by atoms with Crippen molar-refractivity contribution in [2.45, 2.75) is 40.5 Å². The van der Waals surface area contributed by atoms with Crippen LogP contribution in [0.25, 0.3) is 0 Å². The van der Waals surface area contributed by atoms with Gasteiger partial charge in [0.05, 0.1) is 0 Å². The van der Waals surface area contributed by atoms with E-state index in [9.17, 15) is 19.2 Å². The Bertz CT molecular complexity index is 796. The maximum absolute atomic E-state index is 12.8. The summed E-state index contributed by atoms with van der Waals surface area (Å²) in [6.07, 6.45) is 0.803. The molecule has 2 aliphatic rings. The molecule has 25 heavy (non-hydrogen) atoms. The van der Waals surface area contributed by atoms with Gasteiger partial charge in [0.1, 0.15) is 5.41 Å². The quantitative estimate of drug-likeness (QED) is 0.486. The molecule has 0 aliphatic heterocycles. The van der Waals surface area contributed by atoms with Gasteiger partial charge in [0.2, 0.25) is 11.6 Å². The number of Topliss-reactive ketones (excluding diaryl/α,β-unsaturated/α-hetero) is 2. The Kier molecular flexibility index (Phi) is 3.64. The number of hydrogen-bond donors (Lipinski definition) is 2. The van der Waals surface area contributed by atoms with Crippen LogP contribution >= 0.6 is 0 Å². The van der Waals surface area contributed by atoms with Crippen molar-refractivity contribution in [2.24, 2.45) is 16.2 Å². The Morgan fingerprint density at radius 3 is 2.04 bits per heavy atom. The van der Waals surface area contributed by atoms with Crippen molar-refractivity contribution in [3.05, 3.63) is 35.4 Å². The molecule has 1 aromatic carbocycles. The highest BCUT2D eigenvalue weighted by Crippen LogP contribution is 2.68. The van der Waals surface area contributed by atoms with Crippen molar-refractivity contribution >= 4 is 23.4 Å². The summed E-state index contributed by atoms with van der Waals surface area (Å²) in [5, 5.41) is 0. The molecule has 2 bridgehead atoms. The van der Waals surface area contributed by atoms with Crippen LogP contribution in [0.2, 0.25) is 0 Å². The number of benzene rings is 1. The second-order valence-corrected chi connectivity index (χ2v) is 7.79. The molecule has 2 N–H and O–H groups in total. The van der Waals surface area contributed by atoms with Gasteiger partial charge in [-0.25, -0.2) is 0 Å². The summed E-state index contributed by atoms with van der Waals surface area (Å²) in [4.78, 5) is 50.0. The maximum atomic E-state index is 12.8. The number of nitrogens with one attached hydrogen (secondary N) is 2. The van der Waals surface area contributed by atoms with Crippen LogP contribution in [0.5, 0.6) is 0 Å². The highest BCUT2D eigenvalue weighted by molar-refractivity contribution is 6.48. The molecule has 2 saturated carbocycles. The standard InChI is InChI=1S/C19H22N2O4/c1-11-5-7-12(8-6-11)15(24)20-21-16(25)19-10-9-18(4,17(19,2)3)13(22)14(19)23/h5-8H,9-10H2,1-4H3,(H,20,24)(H,21,25). The van der Waals surface area contributed by atoms with Gasteiger partial charge in [-0.3, -0.25) is 30.0 Å². The number of ketones is 2. The molecular weight excluding hydrogens is 320 g/mol. The summed E-state index contributed by atoms with van der Waals surface area (Å²) in [5.41, 5.74) is 3.09. The maximum Gasteiger partial charge on any atom is 0.269 e. The fourth-order valence-electron chi connectivity index (χ4n) is 4.27. The van der Waals surface area contributed by atoms with Crippen molar-refractivity contribution in [2.75, 3.05) is 0 Å². The van der Waals surface area contributed by atoms with Crippen LogP contribution in [0.1, 0.15) is 49.5 Å². The van der Waals surface area contributed by atoms with E-state index in [0.717, 1.165) is 5.56 Å². The van der Waals surface area contributed by atoms with Gasteiger partial charge < -0.3 is 0 Å². The van der Waals surface area contributed by atoms with Gasteiger partial charge in [0.25, 0.3) is 11.8 Å². The molecule has 1 aromatic rings. The van der Waals surface area contributed by atoms with Gasteiger partial charge in [0, 0.05) is 11.0 Å². The Morgan fingerprint density at radius 2 is 1.52 bits per heavy atom. The van der Waals surface area contributed by atoms with Crippen LogP contribution in [0.4, 0.5) is 0 Å². The fraction of sp³-hybridized carbons (Fsp3) is 0.474. The van der Waals surface area contributed by atoms with Gasteiger partial charge >= 0.3 is 0 Å². The Balaban J connectivity index is 1.79. The fourth-order valence-corrected chi connectivity index (χ4v) is 4.27. The van der Waals surface area contributed by atoms with Crippen LogP contribution in [-0.4, -0.2) is 23.4 Å². The first-order chi connectivity index (χ1) is 11.6. The predicted molar refractivity (Wildman–Crippen MR) is 90.4 cm³/mol. The Morgan fingerprint density at radius 1 is 0.920 bits per heavy atom. The largest absolute Gasteiger partial charge is 0.290 e. The first-order valence-corrected chi connectivity index (χ1v) is 8.34. The molecule has 2 amide bonds. The van der Waals surface area contributed by atoms with E-state index < -0.39 is 39.6 Å². The molecule has 0 aromatic heterocycles. The average Bonchev–Trinajstić information content (AvgIpc) is 2.85. The van der Waals surface area contributed by atoms with Gasteiger partial charge in [0.15, 0.2) is 0 Å². The van der Waals surface area contributed by atoms with Crippen molar-refractivity contribution in [3.63, 3.8) is 0 Å². The van der Waals surface area contributed by atoms with E-state index in [1.807, 2.05) is 6.92 Å². The lowest BCUT2D eigenvalue weighted by atomic mass is 9.64. The minimum Gasteiger partial charge on any atom is -0.290 e. The number of hydrazine groups is 1. The molecule has 6 nitrogen and oxygen atoms in total. The summed E-state index contributed by atoms with van der Waals surface area (Å²) in [6, 6.07) is 6.88. The number of hydrogen-bond acceptors (Lipinski definition) is 4. The lowest BCUT2D eigenvalue weighted by Crippen LogP contribution is -2.55. The minimum atomic E-state index is -1.42. The molecule has 0 heterocycles. The lowest BCUT2D eigenvalue weighted by molar-refractivity contribution is -0.149. The molecule has 2 fully saturated rings. The molecule has 132 valence electrons. The van der Waals surface area contributed by atoms with Crippen LogP contribution in [-0.2, 0) is 14.4 Å². The second kappa shape index (κ2) is 5.25. The molecule has 3 rings (SSSR count). The molecule has 0 saturated heterocycles. The zero-order valence-electron chi connectivity index (χ0n) is 14.9. The number of aryl methyl sites for hydroxylation is 1. The smallest absolute Gasteiger partial charge is 0.269 e. The van der Waals surface area contributed by atoms with E-state index in [1.165, 1.54) is 0 Å². The van der Waals surface area contributed by atoms with E-state index in [2.05, 4.69) is 10.9 Å². The first kappa shape index (κ1) is 17.3. The molecule has 6 heteroatoms. The monoisotopic (exact) mass is 342 g/mol. The predicted octanol–water partition coefficient (Wildman–Crippen LogP) is 1.72. The lowest BCUT2D eigenvalue weighted by Gasteiger charge is -2.36.